The molecule has 0 unspecified atom stereocenters. The lowest BCUT2D eigenvalue weighted by atomic mass is 9.95. The van der Waals surface area contributed by atoms with Crippen LogP contribution >= 0.6 is 0 Å². The van der Waals surface area contributed by atoms with Gasteiger partial charge in [0.05, 0.1) is 35.9 Å². The number of esters is 1. The molecule has 0 spiro atoms. The molecule has 2 N–H and O–H groups in total. The minimum absolute atomic E-state index is 0.0837. The van der Waals surface area contributed by atoms with Crippen LogP contribution in [0.15, 0.2) is 65.5 Å². The average Bonchev–Trinajstić information content (AvgIpc) is 3.62. The minimum Gasteiger partial charge on any atom is -0.481 e. The third-order valence-corrected chi connectivity index (χ3v) is 7.37. The normalized spacial score (nSPS) is 14.6. The number of amides is 1. The van der Waals surface area contributed by atoms with Gasteiger partial charge in [0.2, 0.25) is 0 Å². The lowest BCUT2D eigenvalue weighted by Crippen LogP contribution is -2.43. The van der Waals surface area contributed by atoms with Crippen LogP contribution in [0, 0.1) is 0 Å². The van der Waals surface area contributed by atoms with Crippen molar-refractivity contribution in [3.63, 3.8) is 0 Å². The number of hydrogen-bond donors (Lipinski definition) is 2. The average molecular weight is 544 g/mol. The third kappa shape index (κ3) is 6.09. The van der Waals surface area contributed by atoms with Gasteiger partial charge in [-0.05, 0) is 55.2 Å². The van der Waals surface area contributed by atoms with Crippen molar-refractivity contribution in [1.29, 1.82) is 0 Å². The number of carboxylic acid groups (broad SMARTS) is 1. The fourth-order valence-corrected chi connectivity index (χ4v) is 5.43. The molecule has 208 valence electrons. The van der Waals surface area contributed by atoms with E-state index in [9.17, 15) is 14.4 Å². The SMILES string of the molecule is CCOC(=O)[C@H](Cc1ccc(CC(=O)O)cc1)NC(=O)c1ccc2c(c1)nc(-c1ccoc1)n2C1CCCCC1. The van der Waals surface area contributed by atoms with Crippen molar-refractivity contribution in [2.75, 3.05) is 6.61 Å². The maximum atomic E-state index is 13.4. The second-order valence-electron chi connectivity index (χ2n) is 10.2. The lowest BCUT2D eigenvalue weighted by Gasteiger charge is -2.25. The number of benzene rings is 2. The van der Waals surface area contributed by atoms with E-state index in [1.54, 1.807) is 55.8 Å². The minimum atomic E-state index is -0.915. The number of rotatable bonds is 10. The van der Waals surface area contributed by atoms with Crippen LogP contribution in [0.3, 0.4) is 0 Å². The number of aliphatic carboxylic acids is 1. The monoisotopic (exact) mass is 543 g/mol. The highest BCUT2D eigenvalue weighted by Gasteiger charge is 2.26. The summed E-state index contributed by atoms with van der Waals surface area (Å²) in [5.74, 6) is -1.03. The Bertz CT molecular complexity index is 1480. The van der Waals surface area contributed by atoms with Crippen molar-refractivity contribution in [2.24, 2.45) is 0 Å². The van der Waals surface area contributed by atoms with Crippen molar-refractivity contribution >= 4 is 28.9 Å². The first kappa shape index (κ1) is 27.2. The van der Waals surface area contributed by atoms with E-state index in [4.69, 9.17) is 19.2 Å². The number of ether oxygens (including phenoxy) is 1. The first-order chi connectivity index (χ1) is 19.4. The van der Waals surface area contributed by atoms with Crippen LogP contribution in [-0.4, -0.2) is 45.2 Å². The lowest BCUT2D eigenvalue weighted by molar-refractivity contribution is -0.145. The van der Waals surface area contributed by atoms with Gasteiger partial charge in [-0.3, -0.25) is 9.59 Å². The van der Waals surface area contributed by atoms with Gasteiger partial charge in [0.25, 0.3) is 5.91 Å². The molecule has 0 aliphatic heterocycles. The molecular formula is C31H33N3O6. The second-order valence-corrected chi connectivity index (χ2v) is 10.2. The topological polar surface area (TPSA) is 124 Å². The van der Waals surface area contributed by atoms with E-state index in [2.05, 4.69) is 9.88 Å². The number of hydrogen-bond acceptors (Lipinski definition) is 6. The smallest absolute Gasteiger partial charge is 0.328 e. The Kier molecular flexibility index (Phi) is 8.28. The Hall–Kier alpha value is -4.40. The molecule has 1 fully saturated rings. The Morgan fingerprint density at radius 3 is 2.50 bits per heavy atom. The second kappa shape index (κ2) is 12.2. The van der Waals surface area contributed by atoms with Gasteiger partial charge >= 0.3 is 11.9 Å². The molecule has 9 nitrogen and oxygen atoms in total. The molecule has 2 heterocycles. The highest BCUT2D eigenvalue weighted by molar-refractivity contribution is 5.99. The number of carbonyl (C=O) groups excluding carboxylic acids is 2. The van der Waals surface area contributed by atoms with E-state index in [-0.39, 0.29) is 19.4 Å². The first-order valence-corrected chi connectivity index (χ1v) is 13.7. The third-order valence-electron chi connectivity index (χ3n) is 7.37. The molecule has 0 bridgehead atoms. The zero-order valence-corrected chi connectivity index (χ0v) is 22.5. The summed E-state index contributed by atoms with van der Waals surface area (Å²) in [6.45, 7) is 1.90. The molecule has 0 radical (unpaired) electrons. The Morgan fingerprint density at radius 2 is 1.82 bits per heavy atom. The molecule has 2 aromatic carbocycles. The van der Waals surface area contributed by atoms with E-state index in [0.717, 1.165) is 35.3 Å². The number of fused-ring (bicyclic) bond motifs is 1. The van der Waals surface area contributed by atoms with Gasteiger partial charge in [0, 0.05) is 18.0 Å². The van der Waals surface area contributed by atoms with Crippen LogP contribution in [0.1, 0.15) is 66.6 Å². The van der Waals surface area contributed by atoms with Crippen LogP contribution in [0.4, 0.5) is 0 Å². The number of furan rings is 1. The van der Waals surface area contributed by atoms with E-state index in [0.29, 0.717) is 22.7 Å². The van der Waals surface area contributed by atoms with Gasteiger partial charge in [-0.15, -0.1) is 0 Å². The summed E-state index contributed by atoms with van der Waals surface area (Å²) >= 11 is 0. The fraction of sp³-hybridized carbons (Fsp3) is 0.355. The first-order valence-electron chi connectivity index (χ1n) is 13.7. The summed E-state index contributed by atoms with van der Waals surface area (Å²) in [6, 6.07) is 13.7. The molecule has 1 amide bonds. The molecule has 1 saturated carbocycles. The zero-order chi connectivity index (χ0) is 28.1. The van der Waals surface area contributed by atoms with Crippen molar-refractivity contribution in [1.82, 2.24) is 14.9 Å². The van der Waals surface area contributed by atoms with E-state index >= 15 is 0 Å². The summed E-state index contributed by atoms with van der Waals surface area (Å²) in [6.07, 6.45) is 9.19. The van der Waals surface area contributed by atoms with Crippen LogP contribution in [-0.2, 0) is 27.2 Å². The van der Waals surface area contributed by atoms with Gasteiger partial charge < -0.3 is 24.1 Å². The van der Waals surface area contributed by atoms with Gasteiger partial charge in [-0.1, -0.05) is 43.5 Å². The molecule has 9 heteroatoms. The fourth-order valence-electron chi connectivity index (χ4n) is 5.43. The predicted molar refractivity (Wildman–Crippen MR) is 149 cm³/mol. The number of aromatic nitrogens is 2. The van der Waals surface area contributed by atoms with Crippen molar-refractivity contribution in [2.45, 2.75) is 64.0 Å². The van der Waals surface area contributed by atoms with Crippen LogP contribution in [0.2, 0.25) is 0 Å². The molecule has 40 heavy (non-hydrogen) atoms. The van der Waals surface area contributed by atoms with Crippen LogP contribution < -0.4 is 5.32 Å². The van der Waals surface area contributed by atoms with E-state index in [1.807, 2.05) is 12.1 Å². The Labute approximate surface area is 232 Å². The summed E-state index contributed by atoms with van der Waals surface area (Å²) < 4.78 is 12.8. The summed E-state index contributed by atoms with van der Waals surface area (Å²) in [5, 5.41) is 11.8. The molecule has 4 aromatic rings. The molecule has 2 aromatic heterocycles. The molecule has 1 aliphatic rings. The highest BCUT2D eigenvalue weighted by Crippen LogP contribution is 2.36. The van der Waals surface area contributed by atoms with Gasteiger partial charge in [-0.25, -0.2) is 9.78 Å². The Balaban J connectivity index is 1.40. The largest absolute Gasteiger partial charge is 0.481 e. The van der Waals surface area contributed by atoms with Crippen LogP contribution in [0.5, 0.6) is 0 Å². The maximum absolute atomic E-state index is 13.4. The van der Waals surface area contributed by atoms with Crippen molar-refractivity contribution in [3.05, 3.63) is 77.7 Å². The van der Waals surface area contributed by atoms with Gasteiger partial charge in [0.1, 0.15) is 18.1 Å². The number of nitrogens with one attached hydrogen (secondary N) is 1. The van der Waals surface area contributed by atoms with Gasteiger partial charge in [-0.2, -0.15) is 0 Å². The molecular weight excluding hydrogens is 510 g/mol. The summed E-state index contributed by atoms with van der Waals surface area (Å²) in [7, 11) is 0. The summed E-state index contributed by atoms with van der Waals surface area (Å²) in [4.78, 5) is 42.0. The molecule has 1 atom stereocenters. The quantitative estimate of drug-likeness (QED) is 0.259. The Morgan fingerprint density at radius 1 is 1.07 bits per heavy atom. The van der Waals surface area contributed by atoms with Crippen molar-refractivity contribution < 1.29 is 28.6 Å². The predicted octanol–water partition coefficient (Wildman–Crippen LogP) is 5.33. The van der Waals surface area contributed by atoms with Crippen LogP contribution in [0.25, 0.3) is 22.4 Å². The van der Waals surface area contributed by atoms with E-state index in [1.165, 1.54) is 19.3 Å². The van der Waals surface area contributed by atoms with E-state index < -0.39 is 23.9 Å². The maximum Gasteiger partial charge on any atom is 0.328 e. The molecule has 1 aliphatic carbocycles. The molecule has 0 saturated heterocycles. The number of nitrogens with zero attached hydrogens (tertiary/aromatic N) is 2. The number of imidazole rings is 1. The summed E-state index contributed by atoms with van der Waals surface area (Å²) in [5.41, 5.74) is 4.39. The standard InChI is InChI=1S/C31H33N3O6/c1-2-40-31(38)26(16-20-8-10-21(11-9-20)17-28(35)36)33-30(37)22-12-13-27-25(18-22)32-29(23-14-15-39-19-23)34(27)24-6-4-3-5-7-24/h8-15,18-19,24,26H,2-7,16-17H2,1H3,(H,33,37)(H,35,36)/t26-/m0/s1. The van der Waals surface area contributed by atoms with Crippen molar-refractivity contribution in [3.8, 4) is 11.4 Å². The number of carbonyl (C=O) groups is 3. The zero-order valence-electron chi connectivity index (χ0n) is 22.5. The number of carboxylic acids is 1. The van der Waals surface area contributed by atoms with Gasteiger partial charge in [0.15, 0.2) is 0 Å². The molecule has 5 rings (SSSR count). The highest BCUT2D eigenvalue weighted by atomic mass is 16.5.